The monoisotopic (exact) mass is 379 g/mol. The Bertz CT molecular complexity index is 948. The van der Waals surface area contributed by atoms with Gasteiger partial charge in [0.15, 0.2) is 5.78 Å². The highest BCUT2D eigenvalue weighted by Gasteiger charge is 2.47. The highest BCUT2D eigenvalue weighted by Crippen LogP contribution is 2.31. The third-order valence-corrected chi connectivity index (χ3v) is 4.56. The number of anilines is 1. The summed E-state index contributed by atoms with van der Waals surface area (Å²) in [5.74, 6) is -2.15. The van der Waals surface area contributed by atoms with Crippen molar-refractivity contribution in [2.45, 2.75) is 32.3 Å². The molecule has 0 aliphatic carbocycles. The van der Waals surface area contributed by atoms with E-state index in [9.17, 15) is 19.5 Å². The fourth-order valence-corrected chi connectivity index (χ4v) is 2.94. The third kappa shape index (κ3) is 4.09. The molecule has 0 saturated carbocycles. The molecule has 0 unspecified atom stereocenters. The maximum absolute atomic E-state index is 12.9. The molecule has 0 fully saturated rings. The number of benzene rings is 2. The van der Waals surface area contributed by atoms with Gasteiger partial charge in [0.05, 0.1) is 5.71 Å². The molecule has 0 aromatic heterocycles. The van der Waals surface area contributed by atoms with Crippen LogP contribution in [0.25, 0.3) is 0 Å². The fraction of sp³-hybridized carbons (Fsp3) is 0.238. The summed E-state index contributed by atoms with van der Waals surface area (Å²) in [5.41, 5.74) is 1.53. The lowest BCUT2D eigenvalue weighted by Gasteiger charge is -2.25. The Kier molecular flexibility index (Phi) is 5.26. The van der Waals surface area contributed by atoms with Crippen LogP contribution in [0.15, 0.2) is 53.7 Å². The number of aryl methyl sites for hydroxylation is 1. The van der Waals surface area contributed by atoms with E-state index in [1.54, 1.807) is 24.3 Å². The van der Waals surface area contributed by atoms with Crippen LogP contribution in [0.5, 0.6) is 0 Å². The summed E-state index contributed by atoms with van der Waals surface area (Å²) in [6.45, 7) is 3.39. The molecular formula is C21H19N2O5-. The molecule has 1 amide bonds. The first kappa shape index (κ1) is 19.3. The number of ketones is 1. The largest absolute Gasteiger partial charge is 0.550 e. The van der Waals surface area contributed by atoms with Gasteiger partial charge in [0, 0.05) is 30.1 Å². The fourth-order valence-electron chi connectivity index (χ4n) is 2.94. The van der Waals surface area contributed by atoms with E-state index >= 15 is 0 Å². The van der Waals surface area contributed by atoms with Crippen molar-refractivity contribution in [3.05, 3.63) is 65.2 Å². The number of amides is 1. The second-order valence-electron chi connectivity index (χ2n) is 6.80. The van der Waals surface area contributed by atoms with Gasteiger partial charge >= 0.3 is 0 Å². The minimum atomic E-state index is -1.70. The lowest BCUT2D eigenvalue weighted by atomic mass is 9.90. The molecule has 1 heterocycles. The summed E-state index contributed by atoms with van der Waals surface area (Å²) < 4.78 is 0. The van der Waals surface area contributed by atoms with Crippen molar-refractivity contribution in [3.63, 3.8) is 0 Å². The van der Waals surface area contributed by atoms with Crippen molar-refractivity contribution in [3.8, 4) is 0 Å². The topological polar surface area (TPSA) is 108 Å². The highest BCUT2D eigenvalue weighted by atomic mass is 16.7. The first-order valence-corrected chi connectivity index (χ1v) is 8.73. The van der Waals surface area contributed by atoms with E-state index in [0.717, 1.165) is 11.1 Å². The Labute approximate surface area is 162 Å². The number of carboxylic acids is 1. The number of nitrogens with one attached hydrogen (secondary N) is 1. The van der Waals surface area contributed by atoms with Gasteiger partial charge in [-0.2, -0.15) is 0 Å². The van der Waals surface area contributed by atoms with Gasteiger partial charge in [0.2, 0.25) is 5.60 Å². The number of aliphatic carboxylic acids is 1. The zero-order chi connectivity index (χ0) is 20.3. The smallest absolute Gasteiger partial charge is 0.272 e. The maximum Gasteiger partial charge on any atom is 0.272 e. The van der Waals surface area contributed by atoms with Crippen LogP contribution in [-0.2, 0) is 14.4 Å². The first-order valence-electron chi connectivity index (χ1n) is 8.73. The van der Waals surface area contributed by atoms with Gasteiger partial charge < -0.3 is 20.1 Å². The molecule has 1 N–H and O–H groups in total. The summed E-state index contributed by atoms with van der Waals surface area (Å²) >= 11 is 0. The van der Waals surface area contributed by atoms with E-state index < -0.39 is 23.9 Å². The Morgan fingerprint density at radius 2 is 1.75 bits per heavy atom. The Hall–Kier alpha value is -3.48. The molecule has 0 bridgehead atoms. The van der Waals surface area contributed by atoms with E-state index in [1.807, 2.05) is 31.2 Å². The van der Waals surface area contributed by atoms with Crippen LogP contribution in [0.4, 0.5) is 5.69 Å². The molecular weight excluding hydrogens is 360 g/mol. The van der Waals surface area contributed by atoms with E-state index in [1.165, 1.54) is 6.92 Å². The predicted octanol–water partition coefficient (Wildman–Crippen LogP) is 1.84. The number of carbonyl (C=O) groups excluding carboxylic acids is 3. The summed E-state index contributed by atoms with van der Waals surface area (Å²) in [4.78, 5) is 40.8. The van der Waals surface area contributed by atoms with Gasteiger partial charge in [0.25, 0.3) is 5.91 Å². The second kappa shape index (κ2) is 7.64. The Morgan fingerprint density at radius 1 is 1.11 bits per heavy atom. The van der Waals surface area contributed by atoms with E-state index in [-0.39, 0.29) is 12.2 Å². The molecule has 1 aliphatic heterocycles. The number of Topliss-reactive ketones (excluding diaryl/α,β-unsaturated/α-hetero) is 1. The number of carbonyl (C=O) groups is 3. The van der Waals surface area contributed by atoms with Crippen LogP contribution in [0, 0.1) is 6.92 Å². The number of nitrogens with zero attached hydrogens (tertiary/aromatic N) is 1. The van der Waals surface area contributed by atoms with Gasteiger partial charge in [-0.3, -0.25) is 9.59 Å². The lowest BCUT2D eigenvalue weighted by Crippen LogP contribution is -2.47. The molecule has 2 aromatic carbocycles. The van der Waals surface area contributed by atoms with Crippen molar-refractivity contribution in [1.29, 1.82) is 0 Å². The number of oxime groups is 1. The van der Waals surface area contributed by atoms with Gasteiger partial charge in [-0.1, -0.05) is 35.0 Å². The normalized spacial score (nSPS) is 18.1. The standard InChI is InChI=1S/C21H20N2O5/c1-13-3-5-16(6-4-13)18-11-21(28-23-18,12-19(25)26)20(27)22-17-9-7-15(8-10-17)14(2)24/h3-10H,11-12H2,1-2H3,(H,22,27)(H,25,26)/p-1/t21-/m0/s1. The lowest BCUT2D eigenvalue weighted by molar-refractivity contribution is -0.309. The summed E-state index contributed by atoms with van der Waals surface area (Å²) in [5, 5.41) is 17.9. The molecule has 144 valence electrons. The molecule has 7 heteroatoms. The number of hydrogen-bond donors (Lipinski definition) is 1. The highest BCUT2D eigenvalue weighted by molar-refractivity contribution is 6.09. The molecule has 1 aliphatic rings. The molecule has 3 rings (SSSR count). The van der Waals surface area contributed by atoms with Crippen LogP contribution in [0.1, 0.15) is 41.3 Å². The Morgan fingerprint density at radius 3 is 2.32 bits per heavy atom. The SMILES string of the molecule is CC(=O)c1ccc(NC(=O)[C@@]2(CC(=O)[O-])CC(c3ccc(C)cc3)=NO2)cc1. The van der Waals surface area contributed by atoms with Gasteiger partial charge in [-0.15, -0.1) is 0 Å². The molecule has 0 saturated heterocycles. The first-order chi connectivity index (χ1) is 13.3. The van der Waals surface area contributed by atoms with Crippen molar-refractivity contribution in [1.82, 2.24) is 0 Å². The van der Waals surface area contributed by atoms with Crippen LogP contribution >= 0.6 is 0 Å². The molecule has 28 heavy (non-hydrogen) atoms. The van der Waals surface area contributed by atoms with Crippen LogP contribution in [0.2, 0.25) is 0 Å². The quantitative estimate of drug-likeness (QED) is 0.771. The molecule has 2 aromatic rings. The van der Waals surface area contributed by atoms with Crippen molar-refractivity contribution in [2.75, 3.05) is 5.32 Å². The number of rotatable bonds is 6. The Balaban J connectivity index is 1.80. The zero-order valence-electron chi connectivity index (χ0n) is 15.5. The molecule has 7 nitrogen and oxygen atoms in total. The van der Waals surface area contributed by atoms with Crippen LogP contribution in [0.3, 0.4) is 0 Å². The summed E-state index contributed by atoms with van der Waals surface area (Å²) in [7, 11) is 0. The number of hydrogen-bond acceptors (Lipinski definition) is 6. The van der Waals surface area contributed by atoms with Gasteiger partial charge in [-0.05, 0) is 43.7 Å². The van der Waals surface area contributed by atoms with E-state index in [0.29, 0.717) is 17.0 Å². The van der Waals surface area contributed by atoms with Crippen LogP contribution in [-0.4, -0.2) is 29.0 Å². The predicted molar refractivity (Wildman–Crippen MR) is 101 cm³/mol. The molecule has 0 spiro atoms. The summed E-state index contributed by atoms with van der Waals surface area (Å²) in [6.07, 6.45) is -0.634. The third-order valence-electron chi connectivity index (χ3n) is 4.56. The van der Waals surface area contributed by atoms with Crippen molar-refractivity contribution >= 4 is 29.1 Å². The molecule has 1 atom stereocenters. The van der Waals surface area contributed by atoms with E-state index in [2.05, 4.69) is 10.5 Å². The minimum absolute atomic E-state index is 0.00139. The number of carboxylic acid groups (broad SMARTS) is 1. The average molecular weight is 379 g/mol. The van der Waals surface area contributed by atoms with E-state index in [4.69, 9.17) is 4.84 Å². The average Bonchev–Trinajstić information content (AvgIpc) is 3.07. The minimum Gasteiger partial charge on any atom is -0.550 e. The van der Waals surface area contributed by atoms with Gasteiger partial charge in [-0.25, -0.2) is 0 Å². The van der Waals surface area contributed by atoms with Gasteiger partial charge in [0.1, 0.15) is 0 Å². The van der Waals surface area contributed by atoms with Crippen molar-refractivity contribution in [2.24, 2.45) is 5.16 Å². The molecule has 0 radical (unpaired) electrons. The summed E-state index contributed by atoms with van der Waals surface area (Å²) in [6, 6.07) is 13.8. The second-order valence-corrected chi connectivity index (χ2v) is 6.80. The maximum atomic E-state index is 12.9. The van der Waals surface area contributed by atoms with Crippen LogP contribution < -0.4 is 10.4 Å². The zero-order valence-corrected chi connectivity index (χ0v) is 15.5. The van der Waals surface area contributed by atoms with Crippen molar-refractivity contribution < 1.29 is 24.3 Å².